The minimum absolute atomic E-state index is 0.217. The molecule has 0 radical (unpaired) electrons. The highest BCUT2D eigenvalue weighted by atomic mass is 16.5. The van der Waals surface area contributed by atoms with Crippen LogP contribution in [-0.4, -0.2) is 22.5 Å². The Morgan fingerprint density at radius 1 is 1.21 bits per heavy atom. The van der Waals surface area contributed by atoms with Crippen molar-refractivity contribution >= 4 is 16.9 Å². The fraction of sp³-hybridized carbons (Fsp3) is 0.400. The van der Waals surface area contributed by atoms with Gasteiger partial charge >= 0.3 is 5.97 Å². The summed E-state index contributed by atoms with van der Waals surface area (Å²) in [6.45, 7) is 8.18. The topological polar surface area (TPSA) is 52.1 Å². The fourth-order valence-electron chi connectivity index (χ4n) is 1.77. The molecule has 0 unspecified atom stereocenters. The van der Waals surface area contributed by atoms with E-state index in [-0.39, 0.29) is 5.41 Å². The molecule has 0 saturated carbocycles. The number of para-hydroxylation sites is 1. The second kappa shape index (κ2) is 4.96. The van der Waals surface area contributed by atoms with Gasteiger partial charge in [-0.2, -0.15) is 0 Å². The van der Waals surface area contributed by atoms with Crippen LogP contribution in [0.3, 0.4) is 0 Å². The highest BCUT2D eigenvalue weighted by molar-refractivity contribution is 6.01. The van der Waals surface area contributed by atoms with Gasteiger partial charge in [0.1, 0.15) is 5.82 Å². The summed E-state index contributed by atoms with van der Waals surface area (Å²) in [6, 6.07) is 7.49. The Hall–Kier alpha value is -1.97. The molecule has 1 aromatic heterocycles. The van der Waals surface area contributed by atoms with Gasteiger partial charge in [-0.3, -0.25) is 0 Å². The highest BCUT2D eigenvalue weighted by Crippen LogP contribution is 2.23. The number of carbonyl (C=O) groups excluding carboxylic acids is 1. The first kappa shape index (κ1) is 13.5. The van der Waals surface area contributed by atoms with E-state index in [1.54, 1.807) is 6.92 Å². The maximum absolute atomic E-state index is 12.0. The lowest BCUT2D eigenvalue weighted by atomic mass is 9.95. The van der Waals surface area contributed by atoms with Crippen LogP contribution < -0.4 is 0 Å². The van der Waals surface area contributed by atoms with Gasteiger partial charge in [0.2, 0.25) is 0 Å². The number of hydrogen-bond acceptors (Lipinski definition) is 4. The summed E-state index contributed by atoms with van der Waals surface area (Å²) in [5, 5.41) is 0.731. The summed E-state index contributed by atoms with van der Waals surface area (Å²) in [5.74, 6) is 0.251. The second-order valence-corrected chi connectivity index (χ2v) is 5.38. The van der Waals surface area contributed by atoms with Gasteiger partial charge in [-0.1, -0.05) is 39.0 Å². The number of nitrogens with zero attached hydrogens (tertiary/aromatic N) is 2. The summed E-state index contributed by atoms with van der Waals surface area (Å²) in [4.78, 5) is 21.0. The van der Waals surface area contributed by atoms with Gasteiger partial charge in [0.05, 0.1) is 12.1 Å². The van der Waals surface area contributed by atoms with Crippen molar-refractivity contribution in [3.05, 3.63) is 35.8 Å². The van der Waals surface area contributed by atoms with Gasteiger partial charge in [-0.05, 0) is 13.0 Å². The van der Waals surface area contributed by atoms with E-state index in [0.29, 0.717) is 18.1 Å². The van der Waals surface area contributed by atoms with Gasteiger partial charge in [-0.25, -0.2) is 14.8 Å². The third kappa shape index (κ3) is 2.72. The van der Waals surface area contributed by atoms with E-state index >= 15 is 0 Å². The van der Waals surface area contributed by atoms with E-state index in [2.05, 4.69) is 9.97 Å². The standard InChI is InChI=1S/C15H18N2O2/c1-5-19-13(18)12-10-8-6-7-9-11(10)16-14(17-12)15(2,3)4/h6-9H,5H2,1-4H3. The van der Waals surface area contributed by atoms with Crippen LogP contribution in [0.2, 0.25) is 0 Å². The molecule has 0 aliphatic carbocycles. The predicted octanol–water partition coefficient (Wildman–Crippen LogP) is 3.10. The Kier molecular flexibility index (Phi) is 3.51. The number of esters is 1. The number of aromatic nitrogens is 2. The van der Waals surface area contributed by atoms with Crippen LogP contribution in [0.1, 0.15) is 44.0 Å². The number of rotatable bonds is 2. The summed E-state index contributed by atoms with van der Waals surface area (Å²) in [6.07, 6.45) is 0. The molecule has 0 spiro atoms. The molecule has 100 valence electrons. The largest absolute Gasteiger partial charge is 0.461 e. The minimum Gasteiger partial charge on any atom is -0.461 e. The third-order valence-corrected chi connectivity index (χ3v) is 2.74. The average Bonchev–Trinajstić information content (AvgIpc) is 2.36. The molecular formula is C15H18N2O2. The van der Waals surface area contributed by atoms with Crippen molar-refractivity contribution < 1.29 is 9.53 Å². The third-order valence-electron chi connectivity index (χ3n) is 2.74. The van der Waals surface area contributed by atoms with Crippen molar-refractivity contribution in [2.24, 2.45) is 0 Å². The summed E-state index contributed by atoms with van der Waals surface area (Å²) < 4.78 is 5.07. The highest BCUT2D eigenvalue weighted by Gasteiger charge is 2.22. The Morgan fingerprint density at radius 2 is 1.89 bits per heavy atom. The molecule has 0 bridgehead atoms. The average molecular weight is 258 g/mol. The van der Waals surface area contributed by atoms with Gasteiger partial charge in [0, 0.05) is 10.8 Å². The van der Waals surface area contributed by atoms with E-state index < -0.39 is 5.97 Å². The van der Waals surface area contributed by atoms with Crippen LogP contribution in [0.25, 0.3) is 10.9 Å². The minimum atomic E-state index is -0.397. The molecule has 0 saturated heterocycles. The smallest absolute Gasteiger partial charge is 0.357 e. The van der Waals surface area contributed by atoms with E-state index in [1.807, 2.05) is 45.0 Å². The molecule has 4 heteroatoms. The van der Waals surface area contributed by atoms with Gasteiger partial charge in [0.15, 0.2) is 5.69 Å². The quantitative estimate of drug-likeness (QED) is 0.777. The van der Waals surface area contributed by atoms with Crippen molar-refractivity contribution in [2.45, 2.75) is 33.1 Å². The first-order valence-corrected chi connectivity index (χ1v) is 6.38. The van der Waals surface area contributed by atoms with Crippen molar-refractivity contribution in [2.75, 3.05) is 6.61 Å². The lowest BCUT2D eigenvalue weighted by Gasteiger charge is -2.18. The Morgan fingerprint density at radius 3 is 2.53 bits per heavy atom. The molecular weight excluding hydrogens is 240 g/mol. The van der Waals surface area contributed by atoms with Gasteiger partial charge in [-0.15, -0.1) is 0 Å². The number of carbonyl (C=O) groups is 1. The van der Waals surface area contributed by atoms with E-state index in [4.69, 9.17) is 4.74 Å². The number of hydrogen-bond donors (Lipinski definition) is 0. The van der Waals surface area contributed by atoms with E-state index in [0.717, 1.165) is 10.9 Å². The molecule has 19 heavy (non-hydrogen) atoms. The normalized spacial score (nSPS) is 11.6. The van der Waals surface area contributed by atoms with Crippen molar-refractivity contribution in [1.29, 1.82) is 0 Å². The van der Waals surface area contributed by atoms with Crippen molar-refractivity contribution in [3.8, 4) is 0 Å². The SMILES string of the molecule is CCOC(=O)c1nc(C(C)(C)C)nc2ccccc12. The molecule has 1 heterocycles. The monoisotopic (exact) mass is 258 g/mol. The first-order chi connectivity index (χ1) is 8.93. The Balaban J connectivity index is 2.68. The zero-order chi connectivity index (χ0) is 14.0. The van der Waals surface area contributed by atoms with Crippen LogP contribution in [0, 0.1) is 0 Å². The lowest BCUT2D eigenvalue weighted by molar-refractivity contribution is 0.0521. The lowest BCUT2D eigenvalue weighted by Crippen LogP contribution is -2.19. The van der Waals surface area contributed by atoms with Crippen LogP contribution in [0.15, 0.2) is 24.3 Å². The molecule has 0 N–H and O–H groups in total. The van der Waals surface area contributed by atoms with Crippen LogP contribution >= 0.6 is 0 Å². The van der Waals surface area contributed by atoms with Crippen molar-refractivity contribution in [3.63, 3.8) is 0 Å². The van der Waals surface area contributed by atoms with Crippen LogP contribution in [-0.2, 0) is 10.2 Å². The molecule has 0 fully saturated rings. The fourth-order valence-corrected chi connectivity index (χ4v) is 1.77. The molecule has 0 amide bonds. The first-order valence-electron chi connectivity index (χ1n) is 6.38. The maximum Gasteiger partial charge on any atom is 0.357 e. The number of ether oxygens (including phenoxy) is 1. The second-order valence-electron chi connectivity index (χ2n) is 5.38. The van der Waals surface area contributed by atoms with E-state index in [1.165, 1.54) is 0 Å². The van der Waals surface area contributed by atoms with Crippen LogP contribution in [0.5, 0.6) is 0 Å². The van der Waals surface area contributed by atoms with Gasteiger partial charge in [0.25, 0.3) is 0 Å². The van der Waals surface area contributed by atoms with Gasteiger partial charge < -0.3 is 4.74 Å². The molecule has 0 aliphatic rings. The molecule has 0 aliphatic heterocycles. The summed E-state index contributed by atoms with van der Waals surface area (Å²) >= 11 is 0. The molecule has 2 aromatic rings. The maximum atomic E-state index is 12.0. The van der Waals surface area contributed by atoms with Crippen LogP contribution in [0.4, 0.5) is 0 Å². The zero-order valence-electron chi connectivity index (χ0n) is 11.7. The molecule has 0 atom stereocenters. The Labute approximate surface area is 112 Å². The van der Waals surface area contributed by atoms with E-state index in [9.17, 15) is 4.79 Å². The molecule has 2 rings (SSSR count). The van der Waals surface area contributed by atoms with Crippen molar-refractivity contribution in [1.82, 2.24) is 9.97 Å². The summed E-state index contributed by atoms with van der Waals surface area (Å²) in [7, 11) is 0. The molecule has 1 aromatic carbocycles. The zero-order valence-corrected chi connectivity index (χ0v) is 11.7. The number of benzene rings is 1. The Bertz CT molecular complexity index is 615. The summed E-state index contributed by atoms with van der Waals surface area (Å²) in [5.41, 5.74) is 0.897. The number of fused-ring (bicyclic) bond motifs is 1. The molecule has 4 nitrogen and oxygen atoms in total. The predicted molar refractivity (Wildman–Crippen MR) is 74.2 cm³/mol.